The Balaban J connectivity index is 1.47. The number of hydrogen-bond acceptors (Lipinski definition) is 3. The first-order chi connectivity index (χ1) is 11.7. The third-order valence-electron chi connectivity index (χ3n) is 4.68. The molecule has 0 amide bonds. The van der Waals surface area contributed by atoms with Crippen LogP contribution in [0.5, 0.6) is 11.5 Å². The second kappa shape index (κ2) is 7.67. The third-order valence-corrected chi connectivity index (χ3v) is 4.68. The van der Waals surface area contributed by atoms with E-state index in [0.717, 1.165) is 43.0 Å². The molecule has 128 valence electrons. The summed E-state index contributed by atoms with van der Waals surface area (Å²) in [6.07, 6.45) is 2.02. The molecule has 1 aliphatic rings. The van der Waals surface area contributed by atoms with Crippen LogP contribution < -0.4 is 14.8 Å². The van der Waals surface area contributed by atoms with Gasteiger partial charge in [0.1, 0.15) is 17.3 Å². The smallest absolute Gasteiger partial charge is 0.123 e. The lowest BCUT2D eigenvalue weighted by Gasteiger charge is -2.10. The molecule has 0 heterocycles. The van der Waals surface area contributed by atoms with E-state index >= 15 is 0 Å². The zero-order valence-corrected chi connectivity index (χ0v) is 14.2. The van der Waals surface area contributed by atoms with E-state index in [9.17, 15) is 4.39 Å². The lowest BCUT2D eigenvalue weighted by atomic mass is 10.1. The van der Waals surface area contributed by atoms with Crippen LogP contribution in [0, 0.1) is 11.7 Å². The number of hydrogen-bond donors (Lipinski definition) is 1. The Morgan fingerprint density at radius 2 is 1.88 bits per heavy atom. The van der Waals surface area contributed by atoms with Crippen LogP contribution >= 0.6 is 0 Å². The van der Waals surface area contributed by atoms with Gasteiger partial charge in [-0.15, -0.1) is 0 Å². The van der Waals surface area contributed by atoms with Crippen molar-refractivity contribution in [3.8, 4) is 11.5 Å². The summed E-state index contributed by atoms with van der Waals surface area (Å²) in [6, 6.07) is 12.9. The number of halogens is 1. The molecule has 2 aromatic carbocycles. The van der Waals surface area contributed by atoms with Crippen molar-refractivity contribution in [2.24, 2.45) is 5.92 Å². The fraction of sp³-hybridized carbons (Fsp3) is 0.400. The second-order valence-corrected chi connectivity index (χ2v) is 6.25. The maximum Gasteiger partial charge on any atom is 0.123 e. The van der Waals surface area contributed by atoms with Crippen LogP contribution in [-0.4, -0.2) is 27.3 Å². The van der Waals surface area contributed by atoms with Gasteiger partial charge < -0.3 is 14.8 Å². The fourth-order valence-corrected chi connectivity index (χ4v) is 3.27. The van der Waals surface area contributed by atoms with Gasteiger partial charge in [0.05, 0.1) is 14.2 Å². The molecule has 1 fully saturated rings. The molecule has 1 N–H and O–H groups in total. The highest BCUT2D eigenvalue weighted by Crippen LogP contribution is 2.50. The van der Waals surface area contributed by atoms with Gasteiger partial charge in [-0.2, -0.15) is 0 Å². The van der Waals surface area contributed by atoms with Crippen LogP contribution in [0.2, 0.25) is 0 Å². The fourth-order valence-electron chi connectivity index (χ4n) is 3.27. The van der Waals surface area contributed by atoms with Crippen molar-refractivity contribution in [1.29, 1.82) is 0 Å². The molecule has 3 rings (SSSR count). The molecule has 2 unspecified atom stereocenters. The SMILES string of the molecule is COc1ccccc1CCNCC1CC1c1cc(F)ccc1OC. The minimum atomic E-state index is -0.194. The number of methoxy groups -OCH3 is 2. The predicted octanol–water partition coefficient (Wildman–Crippen LogP) is 3.78. The largest absolute Gasteiger partial charge is 0.496 e. The third kappa shape index (κ3) is 3.88. The molecule has 0 radical (unpaired) electrons. The normalized spacial score (nSPS) is 19.1. The maximum absolute atomic E-state index is 13.5. The molecule has 1 aliphatic carbocycles. The molecule has 3 nitrogen and oxygen atoms in total. The highest BCUT2D eigenvalue weighted by Gasteiger charge is 2.39. The molecule has 2 aromatic rings. The topological polar surface area (TPSA) is 30.5 Å². The Bertz CT molecular complexity index is 689. The molecule has 1 saturated carbocycles. The minimum Gasteiger partial charge on any atom is -0.496 e. The molecule has 4 heteroatoms. The van der Waals surface area contributed by atoms with Gasteiger partial charge in [-0.1, -0.05) is 18.2 Å². The molecule has 0 saturated heterocycles. The van der Waals surface area contributed by atoms with E-state index in [1.807, 2.05) is 18.2 Å². The van der Waals surface area contributed by atoms with Gasteiger partial charge in [-0.05, 0) is 67.6 Å². The molecular weight excluding hydrogens is 305 g/mol. The van der Waals surface area contributed by atoms with Crippen molar-refractivity contribution in [2.45, 2.75) is 18.8 Å². The van der Waals surface area contributed by atoms with Crippen LogP contribution in [0.15, 0.2) is 42.5 Å². The van der Waals surface area contributed by atoms with Gasteiger partial charge >= 0.3 is 0 Å². The first-order valence-corrected chi connectivity index (χ1v) is 8.39. The van der Waals surface area contributed by atoms with Crippen LogP contribution in [0.25, 0.3) is 0 Å². The molecule has 0 aromatic heterocycles. The molecule has 0 bridgehead atoms. The first-order valence-electron chi connectivity index (χ1n) is 8.39. The highest BCUT2D eigenvalue weighted by molar-refractivity contribution is 5.40. The Morgan fingerprint density at radius 1 is 1.08 bits per heavy atom. The van der Waals surface area contributed by atoms with Crippen molar-refractivity contribution in [2.75, 3.05) is 27.3 Å². The van der Waals surface area contributed by atoms with Crippen molar-refractivity contribution >= 4 is 0 Å². The average Bonchev–Trinajstić information content (AvgIpc) is 3.38. The van der Waals surface area contributed by atoms with Crippen LogP contribution in [0.1, 0.15) is 23.5 Å². The maximum atomic E-state index is 13.5. The zero-order chi connectivity index (χ0) is 16.9. The molecule has 0 spiro atoms. The van der Waals surface area contributed by atoms with Gasteiger partial charge in [-0.25, -0.2) is 4.39 Å². The highest BCUT2D eigenvalue weighted by atomic mass is 19.1. The summed E-state index contributed by atoms with van der Waals surface area (Å²) < 4.78 is 24.2. The predicted molar refractivity (Wildman–Crippen MR) is 93.4 cm³/mol. The van der Waals surface area contributed by atoms with E-state index in [0.29, 0.717) is 11.8 Å². The van der Waals surface area contributed by atoms with E-state index in [2.05, 4.69) is 11.4 Å². The minimum absolute atomic E-state index is 0.194. The number of rotatable bonds is 8. The summed E-state index contributed by atoms with van der Waals surface area (Å²) in [5.41, 5.74) is 2.21. The summed E-state index contributed by atoms with van der Waals surface area (Å²) in [5.74, 6) is 2.49. The van der Waals surface area contributed by atoms with Crippen molar-refractivity contribution in [3.05, 3.63) is 59.4 Å². The van der Waals surface area contributed by atoms with Gasteiger partial charge in [0, 0.05) is 5.56 Å². The van der Waals surface area contributed by atoms with E-state index in [1.54, 1.807) is 26.4 Å². The van der Waals surface area contributed by atoms with Gasteiger partial charge in [-0.3, -0.25) is 0 Å². The number of nitrogens with one attached hydrogen (secondary N) is 1. The standard InChI is InChI=1S/C20H24FNO2/c1-23-19-6-4-3-5-14(19)9-10-22-13-15-11-17(15)18-12-16(21)7-8-20(18)24-2/h3-8,12,15,17,22H,9-11,13H2,1-2H3. The van der Waals surface area contributed by atoms with E-state index in [4.69, 9.17) is 9.47 Å². The quantitative estimate of drug-likeness (QED) is 0.748. The Kier molecular flexibility index (Phi) is 5.36. The Labute approximate surface area is 142 Å². The monoisotopic (exact) mass is 329 g/mol. The molecule has 24 heavy (non-hydrogen) atoms. The summed E-state index contributed by atoms with van der Waals surface area (Å²) >= 11 is 0. The summed E-state index contributed by atoms with van der Waals surface area (Å²) in [6.45, 7) is 1.85. The Morgan fingerprint density at radius 3 is 2.67 bits per heavy atom. The van der Waals surface area contributed by atoms with Gasteiger partial charge in [0.2, 0.25) is 0 Å². The van der Waals surface area contributed by atoms with E-state index < -0.39 is 0 Å². The molecule has 0 aliphatic heterocycles. The van der Waals surface area contributed by atoms with Crippen LogP contribution in [0.4, 0.5) is 4.39 Å². The zero-order valence-electron chi connectivity index (χ0n) is 14.2. The van der Waals surface area contributed by atoms with Crippen molar-refractivity contribution in [3.63, 3.8) is 0 Å². The lowest BCUT2D eigenvalue weighted by Crippen LogP contribution is -2.20. The summed E-state index contributed by atoms with van der Waals surface area (Å²) in [5, 5.41) is 3.51. The van der Waals surface area contributed by atoms with Crippen LogP contribution in [-0.2, 0) is 6.42 Å². The second-order valence-electron chi connectivity index (χ2n) is 6.25. The van der Waals surface area contributed by atoms with E-state index in [1.165, 1.54) is 11.6 Å². The summed E-state index contributed by atoms with van der Waals surface area (Å²) in [4.78, 5) is 0. The number of para-hydroxylation sites is 1. The average molecular weight is 329 g/mol. The summed E-state index contributed by atoms with van der Waals surface area (Å²) in [7, 11) is 3.34. The Hall–Kier alpha value is -2.07. The van der Waals surface area contributed by atoms with Crippen molar-refractivity contribution in [1.82, 2.24) is 5.32 Å². The van der Waals surface area contributed by atoms with Crippen molar-refractivity contribution < 1.29 is 13.9 Å². The van der Waals surface area contributed by atoms with Gasteiger partial charge in [0.15, 0.2) is 0 Å². The lowest BCUT2D eigenvalue weighted by molar-refractivity contribution is 0.407. The first kappa shape index (κ1) is 16.8. The van der Waals surface area contributed by atoms with Gasteiger partial charge in [0.25, 0.3) is 0 Å². The number of benzene rings is 2. The van der Waals surface area contributed by atoms with Crippen LogP contribution in [0.3, 0.4) is 0 Å². The van der Waals surface area contributed by atoms with E-state index in [-0.39, 0.29) is 5.82 Å². The molecule has 2 atom stereocenters. The molecular formula is C20H24FNO2. The number of ether oxygens (including phenoxy) is 2.